The van der Waals surface area contributed by atoms with Crippen LogP contribution in [0.5, 0.6) is 0 Å². The van der Waals surface area contributed by atoms with Crippen LogP contribution < -0.4 is 16.8 Å². The molecule has 0 aliphatic carbocycles. The third kappa shape index (κ3) is 6.51. The van der Waals surface area contributed by atoms with Crippen molar-refractivity contribution in [2.24, 2.45) is 0 Å². The molecule has 7 rings (SSSR count). The topological polar surface area (TPSA) is 215 Å². The van der Waals surface area contributed by atoms with Crippen molar-refractivity contribution in [3.8, 4) is 23.0 Å². The Labute approximate surface area is 266 Å². The van der Waals surface area contributed by atoms with Crippen molar-refractivity contribution < 1.29 is 14.1 Å². The number of nitrogens with one attached hydrogen (secondary N) is 1. The highest BCUT2D eigenvalue weighted by molar-refractivity contribution is 5.98. The summed E-state index contributed by atoms with van der Waals surface area (Å²) in [7, 11) is 0. The summed E-state index contributed by atoms with van der Waals surface area (Å²) in [4.78, 5) is 40.0. The van der Waals surface area contributed by atoms with Crippen LogP contribution in [0.2, 0.25) is 0 Å². The van der Waals surface area contributed by atoms with Gasteiger partial charge in [-0.05, 0) is 42.8 Å². The summed E-state index contributed by atoms with van der Waals surface area (Å²) in [6.45, 7) is 1.98. The van der Waals surface area contributed by atoms with Crippen LogP contribution in [0.25, 0.3) is 45.1 Å². The van der Waals surface area contributed by atoms with Gasteiger partial charge < -0.3 is 21.2 Å². The largest absolute Gasteiger partial charge is 0.414 e. The van der Waals surface area contributed by atoms with Crippen molar-refractivity contribution in [1.29, 1.82) is 0 Å². The van der Waals surface area contributed by atoms with Crippen LogP contribution in [0, 0.1) is 17.0 Å². The van der Waals surface area contributed by atoms with Crippen molar-refractivity contribution in [2.75, 3.05) is 11.5 Å². The van der Waals surface area contributed by atoms with Crippen LogP contribution in [0.1, 0.15) is 21.6 Å². The second kappa shape index (κ2) is 13.0. The third-order valence-corrected chi connectivity index (χ3v) is 7.04. The Morgan fingerprint density at radius 3 is 1.98 bits per heavy atom. The molecule has 0 unspecified atom stereocenters. The molecule has 232 valence electrons. The number of nitrogens with zero attached hydrogens (tertiary/aromatic N) is 7. The zero-order chi connectivity index (χ0) is 32.9. The van der Waals surface area contributed by atoms with E-state index in [1.807, 2.05) is 55.5 Å². The fourth-order valence-corrected chi connectivity index (χ4v) is 4.69. The lowest BCUT2D eigenvalue weighted by molar-refractivity contribution is -0.385. The van der Waals surface area contributed by atoms with E-state index in [0.29, 0.717) is 28.2 Å². The highest BCUT2D eigenvalue weighted by Gasteiger charge is 2.18. The molecule has 0 aliphatic rings. The molecule has 0 aliphatic heterocycles. The van der Waals surface area contributed by atoms with E-state index in [0.717, 1.165) is 22.2 Å². The smallest absolute Gasteiger partial charge is 0.274 e. The van der Waals surface area contributed by atoms with Crippen molar-refractivity contribution in [2.45, 2.75) is 13.5 Å². The lowest BCUT2D eigenvalue weighted by atomic mass is 10.1. The Hall–Kier alpha value is -6.83. The van der Waals surface area contributed by atoms with Gasteiger partial charge in [-0.15, -0.1) is 10.2 Å². The molecule has 7 aromatic rings. The molecule has 0 spiro atoms. The van der Waals surface area contributed by atoms with E-state index in [4.69, 9.17) is 15.9 Å². The summed E-state index contributed by atoms with van der Waals surface area (Å²) in [6, 6.07) is 28.5. The van der Waals surface area contributed by atoms with E-state index in [2.05, 4.69) is 35.5 Å². The van der Waals surface area contributed by atoms with E-state index >= 15 is 0 Å². The predicted octanol–water partition coefficient (Wildman–Crippen LogP) is 5.29. The summed E-state index contributed by atoms with van der Waals surface area (Å²) in [5, 5.41) is 21.8. The number of carbonyl (C=O) groups excluding carboxylic acids is 1. The molecule has 0 atom stereocenters. The van der Waals surface area contributed by atoms with E-state index < -0.39 is 10.8 Å². The molecule has 47 heavy (non-hydrogen) atoms. The third-order valence-electron chi connectivity index (χ3n) is 7.04. The number of benzene rings is 4. The molecule has 4 aromatic carbocycles. The number of para-hydroxylation sites is 5. The molecule has 0 saturated heterocycles. The zero-order valence-electron chi connectivity index (χ0n) is 24.9. The summed E-state index contributed by atoms with van der Waals surface area (Å²) in [5.41, 5.74) is 17.0. The first-order valence-electron chi connectivity index (χ1n) is 14.2. The van der Waals surface area contributed by atoms with Gasteiger partial charge >= 0.3 is 0 Å². The van der Waals surface area contributed by atoms with Crippen LogP contribution >= 0.6 is 0 Å². The highest BCUT2D eigenvalue weighted by Crippen LogP contribution is 2.28. The molecule has 5 N–H and O–H groups in total. The Kier molecular flexibility index (Phi) is 8.38. The maximum atomic E-state index is 12.3. The normalized spacial score (nSPS) is 10.7. The Balaban J connectivity index is 0.000000164. The summed E-state index contributed by atoms with van der Waals surface area (Å²) in [6.07, 6.45) is 0. The highest BCUT2D eigenvalue weighted by atomic mass is 16.6. The van der Waals surface area contributed by atoms with Crippen molar-refractivity contribution >= 4 is 45.3 Å². The number of hydrogen-bond acceptors (Lipinski definition) is 12. The summed E-state index contributed by atoms with van der Waals surface area (Å²) < 4.78 is 5.76. The van der Waals surface area contributed by atoms with Gasteiger partial charge in [0.15, 0.2) is 23.0 Å². The van der Waals surface area contributed by atoms with Crippen LogP contribution in [0.4, 0.5) is 17.3 Å². The van der Waals surface area contributed by atoms with Gasteiger partial charge in [0.2, 0.25) is 5.89 Å². The van der Waals surface area contributed by atoms with E-state index in [1.165, 1.54) is 6.07 Å². The minimum Gasteiger partial charge on any atom is -0.414 e. The molecule has 14 nitrogen and oxygen atoms in total. The number of hydrogen-bond donors (Lipinski definition) is 3. The number of nitrogen functional groups attached to an aromatic ring is 2. The number of nitrogens with two attached hydrogens (primary N) is 2. The van der Waals surface area contributed by atoms with Gasteiger partial charge in [-0.1, -0.05) is 60.7 Å². The number of carbonyl (C=O) groups is 1. The lowest BCUT2D eigenvalue weighted by Gasteiger charge is -2.08. The molecule has 0 bridgehead atoms. The zero-order valence-corrected chi connectivity index (χ0v) is 24.9. The molecule has 1 amide bonds. The maximum absolute atomic E-state index is 12.3. The molecule has 3 aromatic heterocycles. The fraction of sp³-hybridized carbons (Fsp3) is 0.0606. The molecule has 0 radical (unpaired) electrons. The van der Waals surface area contributed by atoms with Crippen LogP contribution in [-0.2, 0) is 6.54 Å². The molecular weight excluding hydrogens is 600 g/mol. The van der Waals surface area contributed by atoms with Gasteiger partial charge in [0.05, 0.1) is 27.0 Å². The van der Waals surface area contributed by atoms with Crippen molar-refractivity contribution in [3.05, 3.63) is 124 Å². The average molecular weight is 627 g/mol. The SMILES string of the molecule is Cc1ccccc1-c1nnc(-c2nc3ccccc3nc2N)o1.Nc1nc2ccccc2nc1C(=O)NCc1ccccc1[N+](=O)[O-]. The van der Waals surface area contributed by atoms with Crippen molar-refractivity contribution in [3.63, 3.8) is 0 Å². The standard InChI is InChI=1S/C17H13N5O.C16H13N5O3/c1-10-6-2-3-7-11(10)16-21-22-17(23-16)14-15(18)20-13-9-5-4-8-12(13)19-14;17-15-14(19-11-6-2-3-7-12(11)20-15)16(22)18-9-10-5-1-4-8-13(10)21(23)24/h2-9H,1H3,(H2,18,20);1-8H,9H2,(H2,17,20)(H,18,22). The monoisotopic (exact) mass is 626 g/mol. The maximum Gasteiger partial charge on any atom is 0.274 e. The van der Waals surface area contributed by atoms with Crippen LogP contribution in [0.15, 0.2) is 101 Å². The first-order valence-corrected chi connectivity index (χ1v) is 14.2. The molecular formula is C33H26N10O4. The Bertz CT molecular complexity index is 2270. The van der Waals surface area contributed by atoms with Crippen LogP contribution in [-0.4, -0.2) is 41.0 Å². The van der Waals surface area contributed by atoms with E-state index in [9.17, 15) is 14.9 Å². The van der Waals surface area contributed by atoms with E-state index in [-0.39, 0.29) is 35.5 Å². The number of amides is 1. The second-order valence-corrected chi connectivity index (χ2v) is 10.2. The lowest BCUT2D eigenvalue weighted by Crippen LogP contribution is -2.25. The summed E-state index contributed by atoms with van der Waals surface area (Å²) in [5.74, 6) is 0.438. The fourth-order valence-electron chi connectivity index (χ4n) is 4.69. The number of nitro benzene ring substituents is 1. The van der Waals surface area contributed by atoms with Gasteiger partial charge in [-0.25, -0.2) is 19.9 Å². The minimum atomic E-state index is -0.538. The predicted molar refractivity (Wildman–Crippen MR) is 176 cm³/mol. The van der Waals surface area contributed by atoms with Gasteiger partial charge in [0, 0.05) is 23.7 Å². The molecule has 14 heteroatoms. The number of anilines is 2. The first kappa shape index (κ1) is 30.2. The Morgan fingerprint density at radius 1 is 0.745 bits per heavy atom. The number of aromatic nitrogens is 6. The quantitative estimate of drug-likeness (QED) is 0.159. The van der Waals surface area contributed by atoms with Gasteiger partial charge in [-0.2, -0.15) is 0 Å². The average Bonchev–Trinajstić information content (AvgIpc) is 3.57. The van der Waals surface area contributed by atoms with Gasteiger partial charge in [0.25, 0.3) is 17.5 Å². The number of rotatable bonds is 6. The van der Waals surface area contributed by atoms with E-state index in [1.54, 1.807) is 42.5 Å². The molecule has 0 saturated carbocycles. The Morgan fingerprint density at radius 2 is 1.30 bits per heavy atom. The molecule has 3 heterocycles. The summed E-state index contributed by atoms with van der Waals surface area (Å²) >= 11 is 0. The molecule has 0 fully saturated rings. The van der Waals surface area contributed by atoms with Crippen LogP contribution in [0.3, 0.4) is 0 Å². The van der Waals surface area contributed by atoms with Crippen molar-refractivity contribution in [1.82, 2.24) is 35.5 Å². The number of nitro groups is 1. The second-order valence-electron chi connectivity index (χ2n) is 10.2. The number of aryl methyl sites for hydroxylation is 1. The number of fused-ring (bicyclic) bond motifs is 2. The first-order chi connectivity index (χ1) is 22.8. The van der Waals surface area contributed by atoms with Gasteiger partial charge in [-0.3, -0.25) is 14.9 Å². The van der Waals surface area contributed by atoms with Gasteiger partial charge in [0.1, 0.15) is 0 Å². The minimum absolute atomic E-state index is 0.00714.